The Bertz CT molecular complexity index is 232. The topological polar surface area (TPSA) is 64.1 Å². The summed E-state index contributed by atoms with van der Waals surface area (Å²) in [7, 11) is 0. The van der Waals surface area contributed by atoms with Crippen LogP contribution < -0.4 is 11.1 Å². The molecular weight excluding hydrogens is 190 g/mol. The average Bonchev–Trinajstić information content (AvgIpc) is 2.26. The van der Waals surface area contributed by atoms with Gasteiger partial charge >= 0.3 is 0 Å². The maximum atomic E-state index is 9.79. The quantitative estimate of drug-likeness (QED) is 0.209. The first-order valence-corrected chi connectivity index (χ1v) is 5.10. The minimum atomic E-state index is 0.526. The van der Waals surface area contributed by atoms with Crippen molar-refractivity contribution in [1.29, 1.82) is 0 Å². The number of nitrogens with one attached hydrogen (secondary N) is 1. The van der Waals surface area contributed by atoms with Gasteiger partial charge < -0.3 is 5.21 Å². The summed E-state index contributed by atoms with van der Waals surface area (Å²) < 4.78 is 0. The summed E-state index contributed by atoms with van der Waals surface area (Å²) in [5.74, 6) is 0. The van der Waals surface area contributed by atoms with Crippen molar-refractivity contribution in [1.82, 2.24) is 5.53 Å². The molecular formula is C11H19N3O. The van der Waals surface area contributed by atoms with Crippen LogP contribution in [-0.4, -0.2) is 6.21 Å². The fraction of sp³-hybridized carbons (Fsp3) is 0.364. The largest absolute Gasteiger partial charge is 0.608 e. The van der Waals surface area contributed by atoms with Gasteiger partial charge in [-0.25, -0.2) is 0 Å². The Balaban J connectivity index is 3.44. The molecule has 0 bridgehead atoms. The molecule has 0 aliphatic carbocycles. The summed E-state index contributed by atoms with van der Waals surface area (Å²) in [6, 6.07) is 0. The standard InChI is InChI=1S/C11H19N3O/c1-2-3-4-5-6-7-8-9-10-11-12-13-14-15/h4-5,7-11,13H,2-3,6,14H2,1H3. The van der Waals surface area contributed by atoms with Crippen molar-refractivity contribution in [2.75, 3.05) is 0 Å². The Kier molecular flexibility index (Phi) is 11.4. The van der Waals surface area contributed by atoms with Gasteiger partial charge in [-0.2, -0.15) is 5.53 Å². The number of hydrogen-bond acceptors (Lipinski definition) is 3. The lowest BCUT2D eigenvalue weighted by molar-refractivity contribution is -0.650. The third kappa shape index (κ3) is 12.6. The zero-order valence-electron chi connectivity index (χ0n) is 9.10. The second kappa shape index (κ2) is 12.6. The maximum Gasteiger partial charge on any atom is 0.0520 e. The summed E-state index contributed by atoms with van der Waals surface area (Å²) in [6.45, 7) is 2.16. The average molecular weight is 209 g/mol. The van der Waals surface area contributed by atoms with E-state index in [2.05, 4.69) is 35.8 Å². The zero-order chi connectivity index (χ0) is 11.2. The number of quaternary nitrogens is 1. The highest BCUT2D eigenvalue weighted by molar-refractivity contribution is 5.71. The molecule has 0 aliphatic heterocycles. The van der Waals surface area contributed by atoms with Crippen LogP contribution >= 0.6 is 0 Å². The molecule has 0 radical (unpaired) electrons. The predicted molar refractivity (Wildman–Crippen MR) is 63.9 cm³/mol. The lowest BCUT2D eigenvalue weighted by Crippen LogP contribution is -2.85. The Morgan fingerprint density at radius 3 is 2.80 bits per heavy atom. The van der Waals surface area contributed by atoms with Crippen molar-refractivity contribution < 1.29 is 5.59 Å². The summed E-state index contributed by atoms with van der Waals surface area (Å²) in [6.07, 6.45) is 16.8. The second-order valence-electron chi connectivity index (χ2n) is 2.83. The van der Waals surface area contributed by atoms with Gasteiger partial charge in [-0.05, 0) is 18.9 Å². The van der Waals surface area contributed by atoms with E-state index >= 15 is 0 Å². The molecule has 84 valence electrons. The summed E-state index contributed by atoms with van der Waals surface area (Å²) in [5.41, 5.74) is 2.70. The Morgan fingerprint density at radius 1 is 1.20 bits per heavy atom. The van der Waals surface area contributed by atoms with E-state index < -0.39 is 0 Å². The van der Waals surface area contributed by atoms with Crippen LogP contribution in [0.3, 0.4) is 0 Å². The molecule has 3 N–H and O–H groups in total. The highest BCUT2D eigenvalue weighted by atomic mass is 16.5. The predicted octanol–water partition coefficient (Wildman–Crippen LogP) is 1.40. The lowest BCUT2D eigenvalue weighted by atomic mass is 10.2. The van der Waals surface area contributed by atoms with Gasteiger partial charge in [0.1, 0.15) is 0 Å². The number of hydrazone groups is 1. The van der Waals surface area contributed by atoms with E-state index in [1.807, 2.05) is 12.2 Å². The van der Waals surface area contributed by atoms with Gasteiger partial charge in [0.25, 0.3) is 0 Å². The van der Waals surface area contributed by atoms with Gasteiger partial charge in [0, 0.05) is 0 Å². The van der Waals surface area contributed by atoms with E-state index in [1.165, 1.54) is 12.6 Å². The molecule has 0 fully saturated rings. The molecule has 15 heavy (non-hydrogen) atoms. The van der Waals surface area contributed by atoms with Crippen molar-refractivity contribution >= 4 is 6.21 Å². The molecule has 0 aliphatic rings. The van der Waals surface area contributed by atoms with Crippen molar-refractivity contribution in [3.8, 4) is 0 Å². The van der Waals surface area contributed by atoms with E-state index in [4.69, 9.17) is 0 Å². The molecule has 0 saturated carbocycles. The first kappa shape index (κ1) is 13.6. The molecule has 0 aromatic rings. The second-order valence-corrected chi connectivity index (χ2v) is 2.83. The molecule has 4 heteroatoms. The molecule has 0 unspecified atom stereocenters. The molecule has 0 saturated heterocycles. The molecule has 4 nitrogen and oxygen atoms in total. The molecule has 0 spiro atoms. The van der Waals surface area contributed by atoms with Crippen LogP contribution in [0.15, 0.2) is 41.6 Å². The lowest BCUT2D eigenvalue weighted by Gasteiger charge is -1.94. The van der Waals surface area contributed by atoms with Crippen LogP contribution in [0.5, 0.6) is 0 Å². The molecule has 0 heterocycles. The van der Waals surface area contributed by atoms with Crippen LogP contribution in [0.2, 0.25) is 0 Å². The third-order valence-corrected chi connectivity index (χ3v) is 1.54. The van der Waals surface area contributed by atoms with Crippen LogP contribution in [0.25, 0.3) is 0 Å². The van der Waals surface area contributed by atoms with Gasteiger partial charge in [-0.1, -0.05) is 43.7 Å². The third-order valence-electron chi connectivity index (χ3n) is 1.54. The summed E-state index contributed by atoms with van der Waals surface area (Å²) in [5, 5.41) is 13.4. The SMILES string of the molecule is CCCC=CCC=CC=CC=NN[NH2+][O-]. The minimum Gasteiger partial charge on any atom is -0.608 e. The van der Waals surface area contributed by atoms with Gasteiger partial charge in [0.15, 0.2) is 0 Å². The van der Waals surface area contributed by atoms with E-state index in [9.17, 15) is 5.21 Å². The minimum absolute atomic E-state index is 0.526. The number of hydrogen-bond donors (Lipinski definition) is 2. The van der Waals surface area contributed by atoms with Gasteiger partial charge in [-0.15, -0.1) is 5.10 Å². The van der Waals surface area contributed by atoms with Crippen molar-refractivity contribution in [2.24, 2.45) is 5.10 Å². The van der Waals surface area contributed by atoms with Crippen molar-refractivity contribution in [3.63, 3.8) is 0 Å². The monoisotopic (exact) mass is 209 g/mol. The smallest absolute Gasteiger partial charge is 0.0520 e. The zero-order valence-corrected chi connectivity index (χ0v) is 9.10. The number of unbranched alkanes of at least 4 members (excludes halogenated alkanes) is 1. The number of allylic oxidation sites excluding steroid dienone is 6. The molecule has 0 atom stereocenters. The van der Waals surface area contributed by atoms with E-state index in [0.717, 1.165) is 12.8 Å². The van der Waals surface area contributed by atoms with E-state index in [0.29, 0.717) is 5.59 Å². The van der Waals surface area contributed by atoms with Gasteiger partial charge in [0.05, 0.1) is 6.21 Å². The number of rotatable bonds is 8. The normalized spacial score (nSPS) is 12.7. The van der Waals surface area contributed by atoms with Crippen LogP contribution in [0.4, 0.5) is 0 Å². The van der Waals surface area contributed by atoms with E-state index in [-0.39, 0.29) is 0 Å². The highest BCUT2D eigenvalue weighted by Gasteiger charge is 1.72. The Labute approximate surface area is 91.0 Å². The first-order chi connectivity index (χ1) is 7.41. The Hall–Kier alpha value is -1.39. The fourth-order valence-electron chi connectivity index (χ4n) is 0.847. The van der Waals surface area contributed by atoms with Crippen molar-refractivity contribution in [3.05, 3.63) is 41.7 Å². The van der Waals surface area contributed by atoms with Crippen molar-refractivity contribution in [2.45, 2.75) is 26.2 Å². The molecule has 0 amide bonds. The Morgan fingerprint density at radius 2 is 2.07 bits per heavy atom. The maximum absolute atomic E-state index is 9.79. The van der Waals surface area contributed by atoms with Gasteiger partial charge in [0.2, 0.25) is 0 Å². The summed E-state index contributed by atoms with van der Waals surface area (Å²) >= 11 is 0. The van der Waals surface area contributed by atoms with Crippen LogP contribution in [0.1, 0.15) is 26.2 Å². The molecule has 0 aromatic carbocycles. The van der Waals surface area contributed by atoms with Crippen LogP contribution in [0, 0.1) is 5.21 Å². The fourth-order valence-corrected chi connectivity index (χ4v) is 0.847. The number of nitrogens with two attached hydrogens (primary N) is 1. The highest BCUT2D eigenvalue weighted by Crippen LogP contribution is 1.92. The number of nitrogens with zero attached hydrogens (tertiary/aromatic N) is 1. The summed E-state index contributed by atoms with van der Waals surface area (Å²) in [4.78, 5) is 0. The molecule has 0 aromatic heterocycles. The van der Waals surface area contributed by atoms with Crippen LogP contribution in [-0.2, 0) is 0 Å². The first-order valence-electron chi connectivity index (χ1n) is 5.10. The van der Waals surface area contributed by atoms with E-state index in [1.54, 1.807) is 6.08 Å². The molecule has 0 rings (SSSR count). The van der Waals surface area contributed by atoms with Gasteiger partial charge in [-0.3, -0.25) is 5.59 Å².